The van der Waals surface area contributed by atoms with Crippen molar-refractivity contribution in [3.05, 3.63) is 59.9 Å². The maximum absolute atomic E-state index is 13.4. The topological polar surface area (TPSA) is 45.1 Å². The molecule has 6 heteroatoms. The third-order valence-corrected chi connectivity index (χ3v) is 4.39. The summed E-state index contributed by atoms with van der Waals surface area (Å²) in [6.45, 7) is 3.44. The Hall–Kier alpha value is -2.57. The second kappa shape index (κ2) is 6.74. The molecule has 0 atom stereocenters. The zero-order chi connectivity index (χ0) is 17.2. The number of fused-ring (bicyclic) bond motifs is 1. The summed E-state index contributed by atoms with van der Waals surface area (Å²) >= 11 is 0. The minimum absolute atomic E-state index is 0.156. The molecule has 25 heavy (non-hydrogen) atoms. The fourth-order valence-corrected chi connectivity index (χ4v) is 3.13. The lowest BCUT2D eigenvalue weighted by molar-refractivity contribution is -0.112. The summed E-state index contributed by atoms with van der Waals surface area (Å²) < 4.78 is 18.8. The van der Waals surface area contributed by atoms with E-state index in [4.69, 9.17) is 4.74 Å². The van der Waals surface area contributed by atoms with E-state index in [1.54, 1.807) is 17.0 Å². The highest BCUT2D eigenvalue weighted by Crippen LogP contribution is 2.31. The summed E-state index contributed by atoms with van der Waals surface area (Å²) in [7, 11) is 0. The van der Waals surface area contributed by atoms with Gasteiger partial charge in [0.15, 0.2) is 0 Å². The van der Waals surface area contributed by atoms with Gasteiger partial charge in [-0.1, -0.05) is 24.3 Å². The number of hydrogen-bond donors (Lipinski definition) is 0. The monoisotopic (exact) mass is 339 g/mol. The first kappa shape index (κ1) is 15.9. The maximum Gasteiger partial charge on any atom is 0.278 e. The van der Waals surface area contributed by atoms with E-state index in [1.807, 2.05) is 24.3 Å². The maximum atomic E-state index is 13.4. The molecule has 2 heterocycles. The number of carbonyl (C=O) groups is 1. The van der Waals surface area contributed by atoms with Crippen molar-refractivity contribution in [1.82, 2.24) is 4.90 Å². The van der Waals surface area contributed by atoms with E-state index in [9.17, 15) is 9.18 Å². The second-order valence-electron chi connectivity index (χ2n) is 6.06. The van der Waals surface area contributed by atoms with Crippen LogP contribution in [0.1, 0.15) is 5.56 Å². The number of anilines is 1. The Labute approximate surface area is 145 Å². The second-order valence-corrected chi connectivity index (χ2v) is 6.06. The Kier molecular flexibility index (Phi) is 4.29. The van der Waals surface area contributed by atoms with Crippen molar-refractivity contribution in [3.8, 4) is 0 Å². The Bertz CT molecular complexity index is 831. The summed E-state index contributed by atoms with van der Waals surface area (Å²) in [5, 5.41) is 0. The number of aliphatic imine (C=N–C) groups is 1. The van der Waals surface area contributed by atoms with Crippen LogP contribution in [0.2, 0.25) is 0 Å². The molecule has 0 aromatic heterocycles. The molecule has 0 bridgehead atoms. The quantitative estimate of drug-likeness (QED) is 0.863. The van der Waals surface area contributed by atoms with Gasteiger partial charge in [0, 0.05) is 18.7 Å². The fourth-order valence-electron chi connectivity index (χ4n) is 3.13. The molecule has 2 aliphatic heterocycles. The Morgan fingerprint density at radius 3 is 2.68 bits per heavy atom. The third kappa shape index (κ3) is 3.18. The summed E-state index contributed by atoms with van der Waals surface area (Å²) in [5.74, 6) is -0.525. The molecule has 0 saturated carbocycles. The molecule has 2 aromatic carbocycles. The molecule has 4 rings (SSSR count). The van der Waals surface area contributed by atoms with Crippen LogP contribution in [-0.4, -0.2) is 49.5 Å². The number of rotatable bonds is 3. The molecule has 2 aromatic rings. The predicted molar refractivity (Wildman–Crippen MR) is 93.8 cm³/mol. The van der Waals surface area contributed by atoms with Gasteiger partial charge in [-0.2, -0.15) is 0 Å². The zero-order valence-electron chi connectivity index (χ0n) is 13.7. The molecule has 0 spiro atoms. The van der Waals surface area contributed by atoms with E-state index in [-0.39, 0.29) is 11.7 Å². The number of hydrogen-bond acceptors (Lipinski definition) is 4. The zero-order valence-corrected chi connectivity index (χ0v) is 13.7. The van der Waals surface area contributed by atoms with Crippen LogP contribution in [0.3, 0.4) is 0 Å². The van der Waals surface area contributed by atoms with Gasteiger partial charge < -0.3 is 4.74 Å². The van der Waals surface area contributed by atoms with Crippen molar-refractivity contribution in [3.63, 3.8) is 0 Å². The normalized spacial score (nSPS) is 19.5. The van der Waals surface area contributed by atoms with Crippen LogP contribution < -0.4 is 4.90 Å². The van der Waals surface area contributed by atoms with E-state index >= 15 is 0 Å². The van der Waals surface area contributed by atoms with Crippen LogP contribution in [-0.2, 0) is 9.53 Å². The van der Waals surface area contributed by atoms with Crippen molar-refractivity contribution in [2.45, 2.75) is 0 Å². The number of nitrogens with zero attached hydrogens (tertiary/aromatic N) is 3. The Balaban J connectivity index is 1.68. The number of halogens is 1. The molecule has 0 radical (unpaired) electrons. The first-order chi connectivity index (χ1) is 12.2. The van der Waals surface area contributed by atoms with Crippen LogP contribution in [0.15, 0.2) is 53.5 Å². The lowest BCUT2D eigenvalue weighted by atomic mass is 10.1. The number of amides is 1. The standard InChI is InChI=1S/C19H18FN3O2/c20-14-4-3-5-15(12-14)21-18-16-6-1-2-7-17(16)23(19(18)24)13-22-8-10-25-11-9-22/h1-7,12H,8-11,13H2. The lowest BCUT2D eigenvalue weighted by Gasteiger charge is -2.30. The van der Waals surface area contributed by atoms with Crippen molar-refractivity contribution < 1.29 is 13.9 Å². The highest BCUT2D eigenvalue weighted by Gasteiger charge is 2.34. The molecule has 0 N–H and O–H groups in total. The van der Waals surface area contributed by atoms with Gasteiger partial charge in [-0.15, -0.1) is 0 Å². The van der Waals surface area contributed by atoms with Crippen LogP contribution in [0.4, 0.5) is 15.8 Å². The number of para-hydroxylation sites is 1. The minimum Gasteiger partial charge on any atom is -0.379 e. The third-order valence-electron chi connectivity index (χ3n) is 4.39. The minimum atomic E-state index is -0.370. The first-order valence-electron chi connectivity index (χ1n) is 8.28. The van der Waals surface area contributed by atoms with Gasteiger partial charge in [-0.05, 0) is 24.3 Å². The van der Waals surface area contributed by atoms with E-state index in [0.29, 0.717) is 31.3 Å². The molecule has 128 valence electrons. The number of ether oxygens (including phenoxy) is 1. The molecule has 0 unspecified atom stereocenters. The molecule has 1 saturated heterocycles. The number of morpholine rings is 1. The van der Waals surface area contributed by atoms with Crippen LogP contribution in [0.25, 0.3) is 0 Å². The Morgan fingerprint density at radius 2 is 1.88 bits per heavy atom. The average Bonchev–Trinajstić information content (AvgIpc) is 2.89. The van der Waals surface area contributed by atoms with Crippen molar-refractivity contribution in [2.75, 3.05) is 37.9 Å². The van der Waals surface area contributed by atoms with Gasteiger partial charge in [0.1, 0.15) is 11.5 Å². The highest BCUT2D eigenvalue weighted by molar-refractivity contribution is 6.54. The smallest absolute Gasteiger partial charge is 0.278 e. The van der Waals surface area contributed by atoms with Gasteiger partial charge >= 0.3 is 0 Å². The molecule has 2 aliphatic rings. The van der Waals surface area contributed by atoms with E-state index < -0.39 is 0 Å². The van der Waals surface area contributed by atoms with Crippen LogP contribution >= 0.6 is 0 Å². The average molecular weight is 339 g/mol. The number of carbonyl (C=O) groups excluding carboxylic acids is 1. The van der Waals surface area contributed by atoms with E-state index in [1.165, 1.54) is 12.1 Å². The van der Waals surface area contributed by atoms with Gasteiger partial charge in [-0.3, -0.25) is 14.6 Å². The number of benzene rings is 2. The van der Waals surface area contributed by atoms with Gasteiger partial charge in [0.25, 0.3) is 5.91 Å². The van der Waals surface area contributed by atoms with Crippen molar-refractivity contribution in [1.29, 1.82) is 0 Å². The van der Waals surface area contributed by atoms with E-state index in [0.717, 1.165) is 24.3 Å². The van der Waals surface area contributed by atoms with Crippen molar-refractivity contribution in [2.24, 2.45) is 4.99 Å². The molecular weight excluding hydrogens is 321 g/mol. The van der Waals surface area contributed by atoms with Gasteiger partial charge in [-0.25, -0.2) is 9.38 Å². The van der Waals surface area contributed by atoms with Gasteiger partial charge in [0.2, 0.25) is 0 Å². The predicted octanol–water partition coefficient (Wildman–Crippen LogP) is 2.58. The summed E-state index contributed by atoms with van der Waals surface area (Å²) in [6, 6.07) is 13.6. The van der Waals surface area contributed by atoms with Crippen molar-refractivity contribution >= 4 is 23.0 Å². The van der Waals surface area contributed by atoms with E-state index in [2.05, 4.69) is 9.89 Å². The molecule has 1 fully saturated rings. The SMILES string of the molecule is O=C1C(=Nc2cccc(F)c2)c2ccccc2N1CN1CCOCC1. The summed E-state index contributed by atoms with van der Waals surface area (Å²) in [4.78, 5) is 21.3. The Morgan fingerprint density at radius 1 is 1.08 bits per heavy atom. The molecule has 1 amide bonds. The lowest BCUT2D eigenvalue weighted by Crippen LogP contribution is -2.45. The van der Waals surface area contributed by atoms with Gasteiger partial charge in [0.05, 0.1) is 31.3 Å². The van der Waals surface area contributed by atoms with Crippen LogP contribution in [0.5, 0.6) is 0 Å². The molecule has 5 nitrogen and oxygen atoms in total. The highest BCUT2D eigenvalue weighted by atomic mass is 19.1. The molecular formula is C19H18FN3O2. The fraction of sp³-hybridized carbons (Fsp3) is 0.263. The molecule has 0 aliphatic carbocycles. The van der Waals surface area contributed by atoms with Crippen LogP contribution in [0, 0.1) is 5.82 Å². The first-order valence-corrected chi connectivity index (χ1v) is 8.28. The largest absolute Gasteiger partial charge is 0.379 e. The summed E-state index contributed by atoms with van der Waals surface area (Å²) in [6.07, 6.45) is 0. The summed E-state index contributed by atoms with van der Waals surface area (Å²) in [5.41, 5.74) is 2.42.